The summed E-state index contributed by atoms with van der Waals surface area (Å²) in [5.74, 6) is -0.162. The Kier molecular flexibility index (Phi) is 6.14. The Hall–Kier alpha value is -2.81. The molecule has 1 saturated heterocycles. The van der Waals surface area contributed by atoms with Crippen molar-refractivity contribution in [2.24, 2.45) is 0 Å². The molecule has 0 radical (unpaired) electrons. The number of halogens is 1. The van der Waals surface area contributed by atoms with Gasteiger partial charge in [-0.15, -0.1) is 5.10 Å². The highest BCUT2D eigenvalue weighted by Gasteiger charge is 2.25. The molecule has 1 unspecified atom stereocenters. The molecule has 9 heteroatoms. The van der Waals surface area contributed by atoms with Crippen LogP contribution in [0.15, 0.2) is 54.9 Å². The van der Waals surface area contributed by atoms with Crippen molar-refractivity contribution in [3.8, 4) is 5.69 Å². The van der Waals surface area contributed by atoms with Crippen molar-refractivity contribution in [1.29, 1.82) is 0 Å². The summed E-state index contributed by atoms with van der Waals surface area (Å²) >= 11 is 6.46. The van der Waals surface area contributed by atoms with Gasteiger partial charge >= 0.3 is 0 Å². The third-order valence-electron chi connectivity index (χ3n) is 4.93. The Morgan fingerprint density at radius 1 is 1.17 bits per heavy atom. The van der Waals surface area contributed by atoms with Crippen molar-refractivity contribution in [3.05, 3.63) is 71.0 Å². The molecule has 1 aliphatic rings. The van der Waals surface area contributed by atoms with Gasteiger partial charge in [-0.1, -0.05) is 35.9 Å². The maximum atomic E-state index is 12.8. The van der Waals surface area contributed by atoms with E-state index in [2.05, 4.69) is 25.7 Å². The van der Waals surface area contributed by atoms with E-state index in [-0.39, 0.29) is 11.9 Å². The molecule has 1 N–H and O–H groups in total. The Bertz CT molecular complexity index is 959. The first-order valence-electron chi connectivity index (χ1n) is 9.40. The Morgan fingerprint density at radius 2 is 2.00 bits per heavy atom. The molecule has 8 nitrogen and oxygen atoms in total. The molecule has 1 atom stereocenters. The number of hydrogen-bond donors (Lipinski definition) is 1. The lowest BCUT2D eigenvalue weighted by molar-refractivity contribution is 0.0162. The zero-order valence-corrected chi connectivity index (χ0v) is 16.5. The molecule has 3 aromatic rings. The number of carbonyl (C=O) groups is 1. The largest absolute Gasteiger partial charge is 0.379 e. The first-order chi connectivity index (χ1) is 14.2. The summed E-state index contributed by atoms with van der Waals surface area (Å²) in [6, 6.07) is 14.9. The van der Waals surface area contributed by atoms with Crippen molar-refractivity contribution in [3.63, 3.8) is 0 Å². The normalized spacial score (nSPS) is 15.8. The van der Waals surface area contributed by atoms with Gasteiger partial charge in [0.2, 0.25) is 0 Å². The van der Waals surface area contributed by atoms with E-state index >= 15 is 0 Å². The van der Waals surface area contributed by atoms with E-state index in [0.717, 1.165) is 24.3 Å². The van der Waals surface area contributed by atoms with E-state index < -0.39 is 0 Å². The van der Waals surface area contributed by atoms with Crippen LogP contribution < -0.4 is 5.32 Å². The van der Waals surface area contributed by atoms with Crippen LogP contribution in [0.2, 0.25) is 5.02 Å². The minimum atomic E-state index is -0.162. The maximum absolute atomic E-state index is 12.8. The SMILES string of the molecule is O=C(NCC(c1ccccc1Cl)N1CCOCC1)c1cccc(-n2cnnn2)c1. The molecule has 4 rings (SSSR count). The predicted octanol–water partition coefficient (Wildman–Crippen LogP) is 2.12. The van der Waals surface area contributed by atoms with Crippen LogP contribution in [0.1, 0.15) is 22.0 Å². The van der Waals surface area contributed by atoms with Gasteiger partial charge in [-0.25, -0.2) is 4.68 Å². The van der Waals surface area contributed by atoms with Crippen LogP contribution in [0.25, 0.3) is 5.69 Å². The summed E-state index contributed by atoms with van der Waals surface area (Å²) in [7, 11) is 0. The van der Waals surface area contributed by atoms with Crippen LogP contribution >= 0.6 is 11.6 Å². The number of carbonyl (C=O) groups excluding carboxylic acids is 1. The van der Waals surface area contributed by atoms with Crippen molar-refractivity contribution >= 4 is 17.5 Å². The number of ether oxygens (including phenoxy) is 1. The van der Waals surface area contributed by atoms with Gasteiger partial charge in [-0.3, -0.25) is 9.69 Å². The molecule has 0 bridgehead atoms. The van der Waals surface area contributed by atoms with E-state index in [1.807, 2.05) is 30.3 Å². The fraction of sp³-hybridized carbons (Fsp3) is 0.300. The fourth-order valence-corrected chi connectivity index (χ4v) is 3.69. The monoisotopic (exact) mass is 412 g/mol. The second-order valence-electron chi connectivity index (χ2n) is 6.70. The molecule has 2 aromatic carbocycles. The summed E-state index contributed by atoms with van der Waals surface area (Å²) in [6.45, 7) is 3.37. The van der Waals surface area contributed by atoms with Crippen molar-refractivity contribution in [2.75, 3.05) is 32.8 Å². The van der Waals surface area contributed by atoms with Gasteiger partial charge in [0.1, 0.15) is 6.33 Å². The Labute approximate surface area is 173 Å². The standard InChI is InChI=1S/C20H21ClN6O2/c21-18-7-2-1-6-17(18)19(26-8-10-29-11-9-26)13-22-20(28)15-4-3-5-16(12-15)27-14-23-24-25-27/h1-7,12,14,19H,8-11,13H2,(H,22,28). The van der Waals surface area contributed by atoms with Crippen molar-refractivity contribution in [2.45, 2.75) is 6.04 Å². The minimum Gasteiger partial charge on any atom is -0.379 e. The van der Waals surface area contributed by atoms with E-state index in [1.165, 1.54) is 11.0 Å². The summed E-state index contributed by atoms with van der Waals surface area (Å²) in [6.07, 6.45) is 1.49. The Morgan fingerprint density at radius 3 is 2.76 bits per heavy atom. The molecule has 0 saturated carbocycles. The van der Waals surface area contributed by atoms with E-state index in [0.29, 0.717) is 30.3 Å². The number of nitrogens with zero attached hydrogens (tertiary/aromatic N) is 5. The molecule has 0 spiro atoms. The van der Waals surface area contributed by atoms with Crippen LogP contribution in [0.3, 0.4) is 0 Å². The average Bonchev–Trinajstić information content (AvgIpc) is 3.31. The first kappa shape index (κ1) is 19.5. The second-order valence-corrected chi connectivity index (χ2v) is 7.11. The van der Waals surface area contributed by atoms with Gasteiger partial charge in [0.05, 0.1) is 24.9 Å². The van der Waals surface area contributed by atoms with Gasteiger partial charge in [-0.2, -0.15) is 0 Å². The van der Waals surface area contributed by atoms with Gasteiger partial charge in [0, 0.05) is 30.2 Å². The number of nitrogens with one attached hydrogen (secondary N) is 1. The molecule has 1 aliphatic heterocycles. The molecule has 1 fully saturated rings. The molecule has 0 aliphatic carbocycles. The third kappa shape index (κ3) is 4.61. The van der Waals surface area contributed by atoms with Gasteiger partial charge in [0.15, 0.2) is 0 Å². The quantitative estimate of drug-likeness (QED) is 0.667. The van der Waals surface area contributed by atoms with Gasteiger partial charge in [-0.05, 0) is 40.3 Å². The lowest BCUT2D eigenvalue weighted by Gasteiger charge is -2.35. The first-order valence-corrected chi connectivity index (χ1v) is 9.78. The van der Waals surface area contributed by atoms with Gasteiger partial charge in [0.25, 0.3) is 5.91 Å². The topological polar surface area (TPSA) is 85.2 Å². The van der Waals surface area contributed by atoms with E-state index in [1.54, 1.807) is 18.2 Å². The number of morpholine rings is 1. The summed E-state index contributed by atoms with van der Waals surface area (Å²) in [5.41, 5.74) is 2.26. The summed E-state index contributed by atoms with van der Waals surface area (Å²) in [5, 5.41) is 14.9. The Balaban J connectivity index is 1.50. The minimum absolute atomic E-state index is 0.0285. The smallest absolute Gasteiger partial charge is 0.251 e. The molecular formula is C20H21ClN6O2. The maximum Gasteiger partial charge on any atom is 0.251 e. The van der Waals surface area contributed by atoms with Crippen molar-refractivity contribution in [1.82, 2.24) is 30.4 Å². The highest BCUT2D eigenvalue weighted by molar-refractivity contribution is 6.31. The molecule has 29 heavy (non-hydrogen) atoms. The van der Waals surface area contributed by atoms with E-state index in [4.69, 9.17) is 16.3 Å². The summed E-state index contributed by atoms with van der Waals surface area (Å²) in [4.78, 5) is 15.1. The predicted molar refractivity (Wildman–Crippen MR) is 108 cm³/mol. The number of benzene rings is 2. The number of hydrogen-bond acceptors (Lipinski definition) is 6. The number of aromatic nitrogens is 4. The van der Waals surface area contributed by atoms with Crippen LogP contribution in [0.4, 0.5) is 0 Å². The van der Waals surface area contributed by atoms with E-state index in [9.17, 15) is 4.79 Å². The van der Waals surface area contributed by atoms with Crippen LogP contribution in [0.5, 0.6) is 0 Å². The van der Waals surface area contributed by atoms with Crippen LogP contribution in [-0.2, 0) is 4.74 Å². The van der Waals surface area contributed by atoms with Gasteiger partial charge < -0.3 is 10.1 Å². The molecule has 1 amide bonds. The van der Waals surface area contributed by atoms with Crippen LogP contribution in [0, 0.1) is 0 Å². The second kappa shape index (κ2) is 9.13. The van der Waals surface area contributed by atoms with Crippen LogP contribution in [-0.4, -0.2) is 63.9 Å². The molecule has 2 heterocycles. The summed E-state index contributed by atoms with van der Waals surface area (Å²) < 4.78 is 6.99. The fourth-order valence-electron chi connectivity index (χ4n) is 3.43. The zero-order chi connectivity index (χ0) is 20.1. The number of rotatable bonds is 6. The average molecular weight is 413 g/mol. The molecule has 150 valence electrons. The molecular weight excluding hydrogens is 392 g/mol. The highest BCUT2D eigenvalue weighted by atomic mass is 35.5. The van der Waals surface area contributed by atoms with Crippen molar-refractivity contribution < 1.29 is 9.53 Å². The lowest BCUT2D eigenvalue weighted by atomic mass is 10.0. The highest BCUT2D eigenvalue weighted by Crippen LogP contribution is 2.27. The lowest BCUT2D eigenvalue weighted by Crippen LogP contribution is -2.44. The number of tetrazole rings is 1. The molecule has 1 aromatic heterocycles. The third-order valence-corrected chi connectivity index (χ3v) is 5.27. The zero-order valence-electron chi connectivity index (χ0n) is 15.7. The number of amides is 1.